The second-order valence-corrected chi connectivity index (χ2v) is 7.98. The van der Waals surface area contributed by atoms with Gasteiger partial charge in [0.25, 0.3) is 11.5 Å². The van der Waals surface area contributed by atoms with E-state index in [0.717, 1.165) is 47.0 Å². The van der Waals surface area contributed by atoms with Crippen LogP contribution in [-0.2, 0) is 0 Å². The predicted molar refractivity (Wildman–Crippen MR) is 122 cm³/mol. The van der Waals surface area contributed by atoms with Crippen molar-refractivity contribution in [2.75, 3.05) is 26.7 Å². The monoisotopic (exact) mass is 426 g/mol. The Hall–Kier alpha value is -3.96. The second kappa shape index (κ2) is 8.29. The molecule has 1 saturated heterocycles. The minimum atomic E-state index is -0.448. The van der Waals surface area contributed by atoms with Crippen LogP contribution >= 0.6 is 0 Å². The molecule has 2 N–H and O–H groups in total. The maximum atomic E-state index is 12.1. The Labute approximate surface area is 184 Å². The number of imidazole rings is 1. The van der Waals surface area contributed by atoms with Crippen molar-refractivity contribution in [3.8, 4) is 11.8 Å². The van der Waals surface area contributed by atoms with E-state index in [4.69, 9.17) is 0 Å². The summed E-state index contributed by atoms with van der Waals surface area (Å²) in [5.74, 6) is 5.61. The number of hydrogen-bond donors (Lipinski definition) is 2. The summed E-state index contributed by atoms with van der Waals surface area (Å²) in [4.78, 5) is 37.8. The largest absolute Gasteiger partial charge is 0.341 e. The maximum absolute atomic E-state index is 12.1. The second-order valence-electron chi connectivity index (χ2n) is 7.98. The molecule has 1 fully saturated rings. The fourth-order valence-electron chi connectivity index (χ4n) is 4.18. The van der Waals surface area contributed by atoms with E-state index in [-0.39, 0.29) is 12.1 Å². The minimum absolute atomic E-state index is 0.0688. The van der Waals surface area contributed by atoms with Crippen molar-refractivity contribution in [3.63, 3.8) is 0 Å². The number of aromatic amines is 1. The summed E-state index contributed by atoms with van der Waals surface area (Å²) >= 11 is 0. The zero-order valence-corrected chi connectivity index (χ0v) is 17.6. The molecule has 1 amide bonds. The first-order chi connectivity index (χ1) is 15.6. The number of likely N-dealkylation sites (N-methyl/N-ethyl adjacent to an activating group) is 1. The van der Waals surface area contributed by atoms with Gasteiger partial charge < -0.3 is 19.8 Å². The molecule has 0 aliphatic carbocycles. The fourth-order valence-corrected chi connectivity index (χ4v) is 4.18. The molecule has 1 aromatic carbocycles. The Morgan fingerprint density at radius 2 is 2.19 bits per heavy atom. The summed E-state index contributed by atoms with van der Waals surface area (Å²) in [5, 5.41) is 3.67. The molecule has 0 spiro atoms. The Morgan fingerprint density at radius 3 is 3.00 bits per heavy atom. The number of likely N-dealkylation sites (tertiary alicyclic amines) is 1. The normalized spacial score (nSPS) is 16.2. The molecule has 8 heteroatoms. The Bertz CT molecular complexity index is 1440. The third-order valence-corrected chi connectivity index (χ3v) is 5.79. The van der Waals surface area contributed by atoms with Crippen molar-refractivity contribution in [2.45, 2.75) is 12.5 Å². The Balaban J connectivity index is 1.40. The van der Waals surface area contributed by atoms with Crippen LogP contribution in [0, 0.1) is 11.8 Å². The van der Waals surface area contributed by atoms with Gasteiger partial charge in [-0.3, -0.25) is 14.6 Å². The smallest absolute Gasteiger partial charge is 0.260 e. The third kappa shape index (κ3) is 3.74. The van der Waals surface area contributed by atoms with Crippen LogP contribution in [0.2, 0.25) is 0 Å². The predicted octanol–water partition coefficient (Wildman–Crippen LogP) is 1.93. The molecular formula is C24H22N6O2. The molecule has 1 aliphatic heterocycles. The van der Waals surface area contributed by atoms with Gasteiger partial charge in [-0.1, -0.05) is 11.8 Å². The molecule has 32 heavy (non-hydrogen) atoms. The van der Waals surface area contributed by atoms with Gasteiger partial charge in [-0.15, -0.1) is 0 Å². The first-order valence-electron chi connectivity index (χ1n) is 10.5. The van der Waals surface area contributed by atoms with Gasteiger partial charge in [-0.05, 0) is 50.3 Å². The number of rotatable bonds is 3. The van der Waals surface area contributed by atoms with Gasteiger partial charge >= 0.3 is 0 Å². The fraction of sp³-hybridized carbons (Fsp3) is 0.250. The Kier molecular flexibility index (Phi) is 5.17. The highest BCUT2D eigenvalue weighted by atomic mass is 16.2. The maximum Gasteiger partial charge on any atom is 0.260 e. The standard InChI is InChI=1S/C24H22N6O2/c1-29-11-8-17(14-29)30-15-28-21-13-27-20-7-6-16(12-19(20)22(21)30)4-2-9-25-23(31)18-5-3-10-26-24(18)32/h3,5-7,10,12-13,15,17H,8-9,11,14H2,1H3,(H,25,31)(H,26,32)/t17-/m0/s1. The van der Waals surface area contributed by atoms with Gasteiger partial charge in [0.2, 0.25) is 0 Å². The van der Waals surface area contributed by atoms with Crippen LogP contribution in [-0.4, -0.2) is 57.0 Å². The number of amides is 1. The molecule has 1 aliphatic rings. The average molecular weight is 426 g/mol. The Morgan fingerprint density at radius 1 is 1.28 bits per heavy atom. The summed E-state index contributed by atoms with van der Waals surface area (Å²) in [6, 6.07) is 9.38. The van der Waals surface area contributed by atoms with E-state index in [0.29, 0.717) is 6.04 Å². The summed E-state index contributed by atoms with van der Waals surface area (Å²) in [5.41, 5.74) is 3.32. The molecule has 0 radical (unpaired) electrons. The van der Waals surface area contributed by atoms with E-state index in [9.17, 15) is 9.59 Å². The SMILES string of the molecule is CN1CC[C@H](n2cnc3cnc4ccc(C#CCNC(=O)c5ccc[nH]c5=O)cc4c32)C1. The lowest BCUT2D eigenvalue weighted by Crippen LogP contribution is -2.29. The first kappa shape index (κ1) is 20.0. The van der Waals surface area contributed by atoms with Gasteiger partial charge in [0.1, 0.15) is 11.1 Å². The van der Waals surface area contributed by atoms with Crippen LogP contribution in [0.5, 0.6) is 0 Å². The number of pyridine rings is 2. The van der Waals surface area contributed by atoms with Gasteiger partial charge in [0.15, 0.2) is 0 Å². The number of benzene rings is 1. The molecule has 160 valence electrons. The van der Waals surface area contributed by atoms with Gasteiger partial charge in [0, 0.05) is 29.7 Å². The molecule has 5 rings (SSSR count). The minimum Gasteiger partial charge on any atom is -0.341 e. The molecule has 4 heterocycles. The number of carbonyl (C=O) groups is 1. The highest BCUT2D eigenvalue weighted by molar-refractivity contribution is 6.02. The van der Waals surface area contributed by atoms with Gasteiger partial charge in [0.05, 0.1) is 30.1 Å². The average Bonchev–Trinajstić information content (AvgIpc) is 3.43. The lowest BCUT2D eigenvalue weighted by Gasteiger charge is -2.14. The summed E-state index contributed by atoms with van der Waals surface area (Å²) < 4.78 is 2.26. The number of nitrogens with zero attached hydrogens (tertiary/aromatic N) is 4. The van der Waals surface area contributed by atoms with E-state index in [1.54, 1.807) is 6.07 Å². The number of H-pyrrole nitrogens is 1. The van der Waals surface area contributed by atoms with Crippen LogP contribution in [0.25, 0.3) is 21.9 Å². The molecule has 0 bridgehead atoms. The van der Waals surface area contributed by atoms with E-state index >= 15 is 0 Å². The van der Waals surface area contributed by atoms with Gasteiger partial charge in [-0.25, -0.2) is 4.98 Å². The van der Waals surface area contributed by atoms with Crippen molar-refractivity contribution in [2.24, 2.45) is 0 Å². The van der Waals surface area contributed by atoms with E-state index in [2.05, 4.69) is 48.6 Å². The van der Waals surface area contributed by atoms with E-state index in [1.807, 2.05) is 30.7 Å². The number of carbonyl (C=O) groups excluding carboxylic acids is 1. The van der Waals surface area contributed by atoms with Crippen LogP contribution in [0.1, 0.15) is 28.4 Å². The molecule has 4 aromatic rings. The topological polar surface area (TPSA) is 95.9 Å². The van der Waals surface area contributed by atoms with E-state index < -0.39 is 11.5 Å². The zero-order chi connectivity index (χ0) is 22.1. The van der Waals surface area contributed by atoms with Crippen LogP contribution in [0.4, 0.5) is 0 Å². The number of hydrogen-bond acceptors (Lipinski definition) is 5. The van der Waals surface area contributed by atoms with Crippen molar-refractivity contribution in [1.29, 1.82) is 0 Å². The summed E-state index contributed by atoms with van der Waals surface area (Å²) in [7, 11) is 2.14. The molecule has 1 atom stereocenters. The van der Waals surface area contributed by atoms with Crippen LogP contribution in [0.15, 0.2) is 53.8 Å². The zero-order valence-electron chi connectivity index (χ0n) is 17.6. The molecular weight excluding hydrogens is 404 g/mol. The number of aromatic nitrogens is 4. The summed E-state index contributed by atoms with van der Waals surface area (Å²) in [6.45, 7) is 2.21. The van der Waals surface area contributed by atoms with Crippen molar-refractivity contribution in [3.05, 3.63) is 70.5 Å². The lowest BCUT2D eigenvalue weighted by molar-refractivity contribution is 0.0957. The number of nitrogens with one attached hydrogen (secondary N) is 2. The van der Waals surface area contributed by atoms with Crippen molar-refractivity contribution < 1.29 is 4.79 Å². The molecule has 0 saturated carbocycles. The quantitative estimate of drug-likeness (QED) is 0.488. The lowest BCUT2D eigenvalue weighted by atomic mass is 10.1. The number of fused-ring (bicyclic) bond motifs is 3. The van der Waals surface area contributed by atoms with Crippen molar-refractivity contribution in [1.82, 2.24) is 29.7 Å². The third-order valence-electron chi connectivity index (χ3n) is 5.79. The van der Waals surface area contributed by atoms with Crippen molar-refractivity contribution >= 4 is 27.8 Å². The molecule has 0 unspecified atom stereocenters. The van der Waals surface area contributed by atoms with E-state index in [1.165, 1.54) is 12.3 Å². The van der Waals surface area contributed by atoms with Crippen LogP contribution < -0.4 is 10.9 Å². The van der Waals surface area contributed by atoms with Crippen LogP contribution in [0.3, 0.4) is 0 Å². The first-order valence-corrected chi connectivity index (χ1v) is 10.5. The highest BCUT2D eigenvalue weighted by Crippen LogP contribution is 2.29. The summed E-state index contributed by atoms with van der Waals surface area (Å²) in [6.07, 6.45) is 6.31. The molecule has 3 aromatic heterocycles. The molecule has 8 nitrogen and oxygen atoms in total. The van der Waals surface area contributed by atoms with Gasteiger partial charge in [-0.2, -0.15) is 0 Å². The highest BCUT2D eigenvalue weighted by Gasteiger charge is 2.23.